The number of aliphatic hydroxyl groups is 1. The van der Waals surface area contributed by atoms with Gasteiger partial charge in [0.25, 0.3) is 0 Å². The van der Waals surface area contributed by atoms with E-state index in [9.17, 15) is 0 Å². The first-order chi connectivity index (χ1) is 4.35. The molecule has 0 aliphatic rings. The molecule has 0 bridgehead atoms. The molecular formula is C6H10O2. The maximum atomic E-state index is 8.44. The lowest BCUT2D eigenvalue weighted by molar-refractivity contribution is 0.0440. The van der Waals surface area contributed by atoms with Gasteiger partial charge in [0.2, 0.25) is 0 Å². The summed E-state index contributed by atoms with van der Waals surface area (Å²) in [5.74, 6) is 2.25. The van der Waals surface area contributed by atoms with Crippen molar-refractivity contribution >= 4 is 0 Å². The van der Waals surface area contributed by atoms with E-state index in [2.05, 4.69) is 5.92 Å². The van der Waals surface area contributed by atoms with Crippen LogP contribution in [-0.4, -0.2) is 24.4 Å². The lowest BCUT2D eigenvalue weighted by Crippen LogP contribution is -2.12. The van der Waals surface area contributed by atoms with Gasteiger partial charge in [-0.1, -0.05) is 5.92 Å². The van der Waals surface area contributed by atoms with Crippen LogP contribution in [0.15, 0.2) is 0 Å². The first kappa shape index (κ1) is 5.61. The molecule has 0 amide bonds. The highest BCUT2D eigenvalue weighted by molar-refractivity contribution is 4.83. The molecule has 0 aromatic heterocycles. The quantitative estimate of drug-likeness (QED) is 0.525. The van der Waals surface area contributed by atoms with Gasteiger partial charge in [0.1, 0.15) is 6.61 Å². The van der Waals surface area contributed by atoms with E-state index in [0.717, 1.165) is 0 Å². The van der Waals surface area contributed by atoms with E-state index in [4.69, 9.17) is 17.6 Å². The summed E-state index contributed by atoms with van der Waals surface area (Å²) >= 11 is 0. The third kappa shape index (κ3) is 3.66. The normalized spacial score (nSPS) is 14.2. The van der Waals surface area contributed by atoms with Gasteiger partial charge < -0.3 is 9.84 Å². The van der Waals surface area contributed by atoms with Crippen LogP contribution in [0.2, 0.25) is 0 Å². The molecule has 46 valence electrons. The van der Waals surface area contributed by atoms with Crippen LogP contribution in [0.3, 0.4) is 0 Å². The number of rotatable bonds is 3. The summed E-state index contributed by atoms with van der Waals surface area (Å²) in [6, 6.07) is 0. The zero-order valence-corrected chi connectivity index (χ0v) is 4.63. The number of terminal acetylenes is 1. The van der Waals surface area contributed by atoms with Crippen LogP contribution in [0, 0.1) is 12.3 Å². The van der Waals surface area contributed by atoms with Gasteiger partial charge in [0.15, 0.2) is 0 Å². The average molecular weight is 115 g/mol. The average Bonchev–Trinajstić information content (AvgIpc) is 1.91. The van der Waals surface area contributed by atoms with Crippen molar-refractivity contribution in [3.8, 4) is 12.3 Å². The van der Waals surface area contributed by atoms with Crippen LogP contribution in [-0.2, 0) is 4.74 Å². The smallest absolute Gasteiger partial charge is 0.107 e. The topological polar surface area (TPSA) is 29.5 Å². The van der Waals surface area contributed by atoms with Crippen molar-refractivity contribution in [2.75, 3.05) is 13.2 Å². The first-order valence-corrected chi connectivity index (χ1v) is 2.30. The predicted octanol–water partition coefficient (Wildman–Crippen LogP) is 0.0170. The Labute approximate surface area is 50.9 Å². The van der Waals surface area contributed by atoms with Crippen molar-refractivity contribution in [3.05, 3.63) is 0 Å². The van der Waals surface area contributed by atoms with Gasteiger partial charge in [0, 0.05) is 1.37 Å². The highest BCUT2D eigenvalue weighted by Gasteiger charge is 1.94. The van der Waals surface area contributed by atoms with Gasteiger partial charge in [0.05, 0.1) is 12.7 Å². The zero-order chi connectivity index (χ0) is 7.11. The largest absolute Gasteiger partial charge is 0.394 e. The molecule has 1 N–H and O–H groups in total. The van der Waals surface area contributed by atoms with Gasteiger partial charge in [-0.05, 0) is 6.90 Å². The van der Waals surface area contributed by atoms with Gasteiger partial charge in [-0.25, -0.2) is 0 Å². The summed E-state index contributed by atoms with van der Waals surface area (Å²) in [5.41, 5.74) is 0. The summed E-state index contributed by atoms with van der Waals surface area (Å²) in [4.78, 5) is 0. The van der Waals surface area contributed by atoms with E-state index < -0.39 is 6.10 Å². The van der Waals surface area contributed by atoms with Crippen molar-refractivity contribution in [1.82, 2.24) is 0 Å². The molecular weight excluding hydrogens is 104 g/mol. The van der Waals surface area contributed by atoms with Crippen LogP contribution in [0.25, 0.3) is 0 Å². The second-order valence-electron chi connectivity index (χ2n) is 1.32. The maximum absolute atomic E-state index is 8.44. The molecule has 0 saturated heterocycles. The van der Waals surface area contributed by atoms with E-state index in [-0.39, 0.29) is 20.1 Å². The van der Waals surface area contributed by atoms with Crippen molar-refractivity contribution in [2.45, 2.75) is 13.0 Å². The number of hydrogen-bond acceptors (Lipinski definition) is 2. The molecule has 0 heterocycles. The molecule has 0 saturated carbocycles. The Morgan fingerprint density at radius 2 is 2.88 bits per heavy atom. The molecule has 8 heavy (non-hydrogen) atoms. The van der Waals surface area contributed by atoms with E-state index >= 15 is 0 Å². The third-order valence-corrected chi connectivity index (χ3v) is 0.606. The molecule has 0 aromatic carbocycles. The van der Waals surface area contributed by atoms with Crippen molar-refractivity contribution in [1.29, 1.82) is 0 Å². The van der Waals surface area contributed by atoms with Crippen LogP contribution in [0.1, 0.15) is 8.27 Å². The fourth-order valence-corrected chi connectivity index (χ4v) is 0.219. The van der Waals surface area contributed by atoms with Crippen molar-refractivity contribution < 1.29 is 11.2 Å². The van der Waals surface area contributed by atoms with Gasteiger partial charge >= 0.3 is 0 Å². The van der Waals surface area contributed by atoms with E-state index in [1.165, 1.54) is 0 Å². The molecule has 0 rings (SSSR count). The highest BCUT2D eigenvalue weighted by atomic mass is 16.5. The number of hydrogen-bond donors (Lipinski definition) is 1. The standard InChI is InChI=1S/C6H10O2/c1-3-4-8-6(2)5-7/h1,6-7H,4-5H2,2H3/t6-/m1/s1/i2D. The Morgan fingerprint density at radius 1 is 2.12 bits per heavy atom. The molecule has 0 radical (unpaired) electrons. The summed E-state index contributed by atoms with van der Waals surface area (Å²) in [6.45, 7) is 0.0907. The first-order valence-electron chi connectivity index (χ1n) is 3.01. The molecule has 0 aromatic rings. The Kier molecular flexibility index (Phi) is 3.25. The summed E-state index contributed by atoms with van der Waals surface area (Å²) in [5, 5.41) is 8.44. The lowest BCUT2D eigenvalue weighted by atomic mass is 10.4. The SMILES string of the molecule is [2H]C[C@H](CO)OCC#C. The molecule has 0 unspecified atom stereocenters. The fraction of sp³-hybridized carbons (Fsp3) is 0.667. The summed E-state index contributed by atoms with van der Waals surface area (Å²) < 4.78 is 11.6. The molecule has 2 heteroatoms. The monoisotopic (exact) mass is 115 g/mol. The Hall–Kier alpha value is -0.520. The Bertz CT molecular complexity index is 93.7. The molecule has 1 atom stereocenters. The second kappa shape index (κ2) is 4.63. The van der Waals surface area contributed by atoms with E-state index in [0.29, 0.717) is 0 Å². The lowest BCUT2D eigenvalue weighted by Gasteiger charge is -2.04. The zero-order valence-electron chi connectivity index (χ0n) is 5.63. The second-order valence-corrected chi connectivity index (χ2v) is 1.32. The molecule has 0 aliphatic heterocycles. The van der Waals surface area contributed by atoms with Crippen molar-refractivity contribution in [3.63, 3.8) is 0 Å². The minimum absolute atomic E-state index is 0.0538. The number of aliphatic hydroxyl groups excluding tert-OH is 1. The molecule has 0 spiro atoms. The van der Waals surface area contributed by atoms with Crippen LogP contribution >= 0.6 is 0 Å². The van der Waals surface area contributed by atoms with Crippen LogP contribution in [0.4, 0.5) is 0 Å². The summed E-state index contributed by atoms with van der Waals surface area (Å²) in [6.07, 6.45) is 4.45. The van der Waals surface area contributed by atoms with Crippen molar-refractivity contribution in [2.24, 2.45) is 0 Å². The van der Waals surface area contributed by atoms with Crippen LogP contribution < -0.4 is 0 Å². The minimum atomic E-state index is -0.416. The summed E-state index contributed by atoms with van der Waals surface area (Å²) in [7, 11) is 0. The Balaban J connectivity index is 3.22. The number of ether oxygens (including phenoxy) is 1. The minimum Gasteiger partial charge on any atom is -0.394 e. The predicted molar refractivity (Wildman–Crippen MR) is 31.3 cm³/mol. The molecule has 2 nitrogen and oxygen atoms in total. The van der Waals surface area contributed by atoms with Gasteiger partial charge in [-0.2, -0.15) is 0 Å². The third-order valence-electron chi connectivity index (χ3n) is 0.606. The van der Waals surface area contributed by atoms with Gasteiger partial charge in [-0.3, -0.25) is 0 Å². The molecule has 0 fully saturated rings. The molecule has 0 aliphatic carbocycles. The highest BCUT2D eigenvalue weighted by Crippen LogP contribution is 1.84. The van der Waals surface area contributed by atoms with E-state index in [1.807, 2.05) is 0 Å². The van der Waals surface area contributed by atoms with Crippen LogP contribution in [0.5, 0.6) is 0 Å². The Morgan fingerprint density at radius 3 is 3.25 bits per heavy atom. The van der Waals surface area contributed by atoms with E-state index in [1.54, 1.807) is 0 Å². The fourth-order valence-electron chi connectivity index (χ4n) is 0.219. The maximum Gasteiger partial charge on any atom is 0.107 e. The van der Waals surface area contributed by atoms with Gasteiger partial charge in [-0.15, -0.1) is 6.42 Å².